The number of hydrogen-bond donors (Lipinski definition) is 2. The Morgan fingerprint density at radius 1 is 1.22 bits per heavy atom. The third-order valence-electron chi connectivity index (χ3n) is 3.19. The van der Waals surface area contributed by atoms with Gasteiger partial charge < -0.3 is 9.40 Å². The van der Waals surface area contributed by atoms with Gasteiger partial charge in [0.15, 0.2) is 5.76 Å². The quantitative estimate of drug-likeness (QED) is 0.601. The van der Waals surface area contributed by atoms with Crippen molar-refractivity contribution in [3.05, 3.63) is 59.3 Å². The number of imidazole rings is 1. The number of hydrogen-bond acceptors (Lipinski definition) is 6. The zero-order valence-electron chi connectivity index (χ0n) is 11.8. The van der Waals surface area contributed by atoms with Crippen molar-refractivity contribution in [1.82, 2.24) is 20.2 Å². The fraction of sp³-hybridized carbons (Fsp3) is 0.0667. The van der Waals surface area contributed by atoms with E-state index in [9.17, 15) is 4.79 Å². The summed E-state index contributed by atoms with van der Waals surface area (Å²) in [5, 5.41) is 11.9. The third kappa shape index (κ3) is 2.84. The molecule has 0 bridgehead atoms. The minimum absolute atomic E-state index is 0.235. The minimum atomic E-state index is -0.346. The molecule has 0 aliphatic carbocycles. The van der Waals surface area contributed by atoms with E-state index in [1.807, 2.05) is 24.3 Å². The predicted octanol–water partition coefficient (Wildman–Crippen LogP) is 2.85. The number of rotatable bonds is 4. The van der Waals surface area contributed by atoms with Crippen LogP contribution in [0, 0.1) is 0 Å². The summed E-state index contributed by atoms with van der Waals surface area (Å²) < 4.78 is 5.03. The van der Waals surface area contributed by atoms with Crippen molar-refractivity contribution in [2.45, 2.75) is 6.42 Å². The van der Waals surface area contributed by atoms with Gasteiger partial charge in [-0.1, -0.05) is 23.5 Å². The monoisotopic (exact) mass is 325 g/mol. The maximum absolute atomic E-state index is 11.9. The van der Waals surface area contributed by atoms with Crippen LogP contribution in [0.3, 0.4) is 0 Å². The first-order valence-electron chi connectivity index (χ1n) is 6.89. The number of nitrogens with one attached hydrogen (secondary N) is 2. The molecule has 0 saturated carbocycles. The Morgan fingerprint density at radius 2 is 2.13 bits per heavy atom. The Labute approximate surface area is 134 Å². The van der Waals surface area contributed by atoms with Crippen LogP contribution in [0.2, 0.25) is 0 Å². The van der Waals surface area contributed by atoms with Gasteiger partial charge in [0.2, 0.25) is 5.13 Å². The summed E-state index contributed by atoms with van der Waals surface area (Å²) in [5.74, 6) is 0.701. The summed E-state index contributed by atoms with van der Waals surface area (Å²) in [6, 6.07) is 11.1. The Balaban J connectivity index is 1.48. The molecule has 0 spiro atoms. The highest BCUT2D eigenvalue weighted by Gasteiger charge is 2.13. The molecule has 7 nitrogen and oxygen atoms in total. The van der Waals surface area contributed by atoms with E-state index in [4.69, 9.17) is 4.42 Å². The lowest BCUT2D eigenvalue weighted by Gasteiger charge is -1.95. The van der Waals surface area contributed by atoms with Gasteiger partial charge in [-0.3, -0.25) is 10.1 Å². The Bertz CT molecular complexity index is 924. The Morgan fingerprint density at radius 3 is 2.96 bits per heavy atom. The number of carbonyl (C=O) groups excluding carboxylic acids is 1. The standard InChI is InChI=1S/C15H11N5O2S/c21-14(11-6-3-7-22-11)18-15-20-19-13(23-15)8-12-16-9-4-1-2-5-10(9)17-12/h1-7H,8H2,(H,16,17)(H,18,20,21). The molecular weight excluding hydrogens is 314 g/mol. The van der Waals surface area contributed by atoms with E-state index < -0.39 is 0 Å². The number of H-pyrrole nitrogens is 1. The van der Waals surface area contributed by atoms with Crippen LogP contribution >= 0.6 is 11.3 Å². The van der Waals surface area contributed by atoms with Gasteiger partial charge in [0.25, 0.3) is 5.91 Å². The van der Waals surface area contributed by atoms with Gasteiger partial charge in [0, 0.05) is 0 Å². The van der Waals surface area contributed by atoms with Crippen LogP contribution in [0.15, 0.2) is 47.1 Å². The molecule has 0 aliphatic heterocycles. The number of nitrogens with zero attached hydrogens (tertiary/aromatic N) is 3. The van der Waals surface area contributed by atoms with E-state index in [1.165, 1.54) is 17.6 Å². The Hall–Kier alpha value is -3.00. The number of amides is 1. The number of aromatic amines is 1. The number of fused-ring (bicyclic) bond motifs is 1. The van der Waals surface area contributed by atoms with Gasteiger partial charge in [-0.2, -0.15) is 0 Å². The lowest BCUT2D eigenvalue weighted by Crippen LogP contribution is -2.10. The molecule has 2 N–H and O–H groups in total. The van der Waals surface area contributed by atoms with Crippen LogP contribution in [0.1, 0.15) is 21.4 Å². The summed E-state index contributed by atoms with van der Waals surface area (Å²) in [6.07, 6.45) is 1.98. The average Bonchev–Trinajstić information content (AvgIpc) is 3.27. The lowest BCUT2D eigenvalue weighted by atomic mass is 10.3. The highest BCUT2D eigenvalue weighted by atomic mass is 32.1. The summed E-state index contributed by atoms with van der Waals surface area (Å²) in [6.45, 7) is 0. The van der Waals surface area contributed by atoms with E-state index in [2.05, 4.69) is 25.5 Å². The molecule has 1 aromatic carbocycles. The molecule has 23 heavy (non-hydrogen) atoms. The molecule has 1 amide bonds. The second-order valence-corrected chi connectivity index (χ2v) is 5.87. The summed E-state index contributed by atoms with van der Waals surface area (Å²) >= 11 is 1.31. The van der Waals surface area contributed by atoms with E-state index in [1.54, 1.807) is 12.1 Å². The highest BCUT2D eigenvalue weighted by molar-refractivity contribution is 7.15. The molecule has 0 unspecified atom stereocenters. The maximum Gasteiger partial charge on any atom is 0.293 e. The van der Waals surface area contributed by atoms with E-state index >= 15 is 0 Å². The van der Waals surface area contributed by atoms with Crippen LogP contribution in [0.4, 0.5) is 5.13 Å². The molecule has 3 heterocycles. The first-order valence-corrected chi connectivity index (χ1v) is 7.70. The SMILES string of the molecule is O=C(Nc1nnc(Cc2nc3ccccc3[nH]2)s1)c1ccco1. The van der Waals surface area contributed by atoms with Crippen molar-refractivity contribution < 1.29 is 9.21 Å². The molecule has 0 radical (unpaired) electrons. The van der Waals surface area contributed by atoms with Crippen LogP contribution in [-0.4, -0.2) is 26.1 Å². The molecule has 0 aliphatic rings. The minimum Gasteiger partial charge on any atom is -0.459 e. The number of furan rings is 1. The molecule has 4 rings (SSSR count). The van der Waals surface area contributed by atoms with Gasteiger partial charge in [-0.15, -0.1) is 10.2 Å². The largest absolute Gasteiger partial charge is 0.459 e. The normalized spacial score (nSPS) is 11.0. The topological polar surface area (TPSA) is 96.7 Å². The van der Waals surface area contributed by atoms with Crippen molar-refractivity contribution in [2.24, 2.45) is 0 Å². The zero-order valence-corrected chi connectivity index (χ0v) is 12.6. The Kier molecular flexibility index (Phi) is 3.35. The molecular formula is C15H11N5O2S. The van der Waals surface area contributed by atoms with Crippen LogP contribution in [-0.2, 0) is 6.42 Å². The third-order valence-corrected chi connectivity index (χ3v) is 4.03. The van der Waals surface area contributed by atoms with Crippen molar-refractivity contribution in [1.29, 1.82) is 0 Å². The van der Waals surface area contributed by atoms with Crippen LogP contribution in [0.25, 0.3) is 11.0 Å². The van der Waals surface area contributed by atoms with E-state index in [0.717, 1.165) is 21.9 Å². The summed E-state index contributed by atoms with van der Waals surface area (Å²) in [5.41, 5.74) is 1.90. The van der Waals surface area contributed by atoms with Gasteiger partial charge in [0.1, 0.15) is 10.8 Å². The molecule has 0 atom stereocenters. The fourth-order valence-electron chi connectivity index (χ4n) is 2.17. The van der Waals surface area contributed by atoms with Crippen molar-refractivity contribution in [3.63, 3.8) is 0 Å². The lowest BCUT2D eigenvalue weighted by molar-refractivity contribution is 0.0996. The van der Waals surface area contributed by atoms with E-state index in [-0.39, 0.29) is 11.7 Å². The van der Waals surface area contributed by atoms with Gasteiger partial charge in [-0.05, 0) is 24.3 Å². The molecule has 8 heteroatoms. The number of para-hydroxylation sites is 2. The molecule has 4 aromatic rings. The van der Waals surface area contributed by atoms with Crippen LogP contribution < -0.4 is 5.32 Å². The van der Waals surface area contributed by atoms with Gasteiger partial charge >= 0.3 is 0 Å². The second-order valence-electron chi connectivity index (χ2n) is 4.81. The first-order chi connectivity index (χ1) is 11.3. The zero-order chi connectivity index (χ0) is 15.6. The van der Waals surface area contributed by atoms with Crippen molar-refractivity contribution in [2.75, 3.05) is 5.32 Å². The van der Waals surface area contributed by atoms with Crippen molar-refractivity contribution in [3.8, 4) is 0 Å². The highest BCUT2D eigenvalue weighted by Crippen LogP contribution is 2.20. The number of carbonyl (C=O) groups is 1. The van der Waals surface area contributed by atoms with E-state index in [0.29, 0.717) is 11.6 Å². The smallest absolute Gasteiger partial charge is 0.293 e. The molecule has 114 valence electrons. The predicted molar refractivity (Wildman–Crippen MR) is 85.5 cm³/mol. The maximum atomic E-state index is 11.9. The average molecular weight is 325 g/mol. The molecule has 3 aromatic heterocycles. The number of benzene rings is 1. The summed E-state index contributed by atoms with van der Waals surface area (Å²) in [7, 11) is 0. The van der Waals surface area contributed by atoms with Crippen molar-refractivity contribution >= 4 is 33.4 Å². The second kappa shape index (κ2) is 5.65. The number of aromatic nitrogens is 4. The van der Waals surface area contributed by atoms with Crippen LogP contribution in [0.5, 0.6) is 0 Å². The van der Waals surface area contributed by atoms with Gasteiger partial charge in [0.05, 0.1) is 23.7 Å². The van der Waals surface area contributed by atoms with Gasteiger partial charge in [-0.25, -0.2) is 4.98 Å². The first kappa shape index (κ1) is 13.6. The number of anilines is 1. The molecule has 0 fully saturated rings. The molecule has 0 saturated heterocycles. The fourth-order valence-corrected chi connectivity index (χ4v) is 2.91. The summed E-state index contributed by atoms with van der Waals surface area (Å²) in [4.78, 5) is 19.6.